The van der Waals surface area contributed by atoms with Crippen molar-refractivity contribution in [2.45, 2.75) is 135 Å². The molecule has 8 atom stereocenters. The van der Waals surface area contributed by atoms with Gasteiger partial charge in [0.1, 0.15) is 5.78 Å². The third kappa shape index (κ3) is 11.5. The Balaban J connectivity index is 1.81. The van der Waals surface area contributed by atoms with Crippen molar-refractivity contribution >= 4 is 34.7 Å². The number of aliphatic hydroxyl groups is 1. The first-order valence-corrected chi connectivity index (χ1v) is 20.3. The Bertz CT molecular complexity index is 1500. The van der Waals surface area contributed by atoms with Gasteiger partial charge in [-0.2, -0.15) is 0 Å². The molecule has 2 aromatic rings. The zero-order valence-corrected chi connectivity index (χ0v) is 35.3. The van der Waals surface area contributed by atoms with Crippen LogP contribution < -0.4 is 5.32 Å². The number of Topliss-reactive ketones (excluding diaryl/α,β-unsaturated/α-hetero) is 2. The summed E-state index contributed by atoms with van der Waals surface area (Å²) >= 11 is 1.56. The molecule has 0 spiro atoms. The van der Waals surface area contributed by atoms with Gasteiger partial charge in [-0.3, -0.25) is 19.2 Å². The Morgan fingerprint density at radius 2 is 1.72 bits per heavy atom. The highest BCUT2D eigenvalue weighted by molar-refractivity contribution is 7.09. The quantitative estimate of drug-likeness (QED) is 0.155. The summed E-state index contributed by atoms with van der Waals surface area (Å²) in [5.41, 5.74) is -1.21. The number of carbonyl (C=O) groups excluding carboxylic acids is 4. The number of thiazole rings is 1. The van der Waals surface area contributed by atoms with Crippen molar-refractivity contribution in [1.82, 2.24) is 20.1 Å². The molecule has 2 amide bonds. The molecule has 1 fully saturated rings. The highest BCUT2D eigenvalue weighted by atomic mass is 32.1. The van der Waals surface area contributed by atoms with Gasteiger partial charge in [-0.15, -0.1) is 11.3 Å². The molecular formula is C42H66N4O7S. The average Bonchev–Trinajstić information content (AvgIpc) is 3.86. The van der Waals surface area contributed by atoms with Gasteiger partial charge in [0.25, 0.3) is 0 Å². The van der Waals surface area contributed by atoms with E-state index in [4.69, 9.17) is 9.47 Å². The van der Waals surface area contributed by atoms with Gasteiger partial charge in [-0.1, -0.05) is 57.5 Å². The number of ketones is 2. The molecule has 0 bridgehead atoms. The second-order valence-electron chi connectivity index (χ2n) is 16.2. The van der Waals surface area contributed by atoms with Gasteiger partial charge in [0.05, 0.1) is 52.8 Å². The zero-order chi connectivity index (χ0) is 40.4. The van der Waals surface area contributed by atoms with Crippen molar-refractivity contribution in [3.8, 4) is 0 Å². The maximum atomic E-state index is 14.3. The van der Waals surface area contributed by atoms with E-state index in [1.165, 1.54) is 0 Å². The van der Waals surface area contributed by atoms with Crippen LogP contribution in [-0.2, 0) is 35.1 Å². The first-order valence-electron chi connectivity index (χ1n) is 19.4. The number of carbonyl (C=O) groups is 4. The van der Waals surface area contributed by atoms with Crippen LogP contribution in [0.1, 0.15) is 103 Å². The summed E-state index contributed by atoms with van der Waals surface area (Å²) in [5, 5.41) is 17.0. The molecule has 1 saturated heterocycles. The summed E-state index contributed by atoms with van der Waals surface area (Å²) in [6.07, 6.45) is 3.69. The first kappa shape index (κ1) is 45.4. The topological polar surface area (TPSA) is 138 Å². The van der Waals surface area contributed by atoms with E-state index in [9.17, 15) is 24.3 Å². The number of amides is 2. The molecule has 3 rings (SSSR count). The summed E-state index contributed by atoms with van der Waals surface area (Å²) < 4.78 is 12.1. The Hall–Kier alpha value is -3.03. The molecule has 2 N–H and O–H groups in total. The SMILES string of the molecule is CC[C@H](C)[C@@H]([C@@H](CC(=O)N1CCC[C@H]1[C@H](OC)[C@@H](C)C(=O)C[C@@H](Cc1ccccc1)c1nccs1)OC)N(C)C(=O)[C@@H](CC(=O)C(C)(C)NC)C(C)(C)O. The number of benzene rings is 1. The molecule has 2 heterocycles. The maximum Gasteiger partial charge on any atom is 0.229 e. The van der Waals surface area contributed by atoms with E-state index in [0.717, 1.165) is 17.0 Å². The van der Waals surface area contributed by atoms with E-state index in [-0.39, 0.29) is 54.1 Å². The standard InChI is InChI=1S/C42H66N4O7S/c1-12-27(2)37(45(9)40(50)31(42(6,7)51)25-35(48)41(4,5)43-8)34(52-10)26-36(49)46-21-16-19-32(46)38(53-11)28(3)33(47)24-30(39-44-20-22-54-39)23-29-17-14-13-15-18-29/h13-15,17-18,20,22,27-28,30-32,34,37-38,43,51H,12,16,19,21,23-26H2,1-11H3/t27-,28-,30+,31+,32-,34+,37-,38+/m0/s1. The number of likely N-dealkylation sites (N-methyl/N-ethyl adjacent to an activating group) is 2. The Morgan fingerprint density at radius 3 is 2.26 bits per heavy atom. The molecular weight excluding hydrogens is 705 g/mol. The molecule has 12 heteroatoms. The fourth-order valence-corrected chi connectivity index (χ4v) is 8.56. The second kappa shape index (κ2) is 20.2. The number of likely N-dealkylation sites (tertiary alicyclic amines) is 1. The van der Waals surface area contributed by atoms with Crippen molar-refractivity contribution in [3.63, 3.8) is 0 Å². The smallest absolute Gasteiger partial charge is 0.229 e. The normalized spacial score (nSPS) is 19.0. The zero-order valence-electron chi connectivity index (χ0n) is 34.5. The number of methoxy groups -OCH3 is 2. The molecule has 1 aliphatic rings. The Morgan fingerprint density at radius 1 is 1.06 bits per heavy atom. The summed E-state index contributed by atoms with van der Waals surface area (Å²) in [5.74, 6) is -2.22. The minimum atomic E-state index is -1.48. The van der Waals surface area contributed by atoms with E-state index in [1.54, 1.807) is 78.4 Å². The molecule has 1 aliphatic heterocycles. The fourth-order valence-electron chi connectivity index (χ4n) is 7.82. The van der Waals surface area contributed by atoms with Crippen molar-refractivity contribution in [1.29, 1.82) is 0 Å². The van der Waals surface area contributed by atoms with Gasteiger partial charge in [0, 0.05) is 64.1 Å². The van der Waals surface area contributed by atoms with Crippen LogP contribution in [0.3, 0.4) is 0 Å². The van der Waals surface area contributed by atoms with E-state index >= 15 is 0 Å². The number of ether oxygens (including phenoxy) is 2. The molecule has 0 radical (unpaired) electrons. The van der Waals surface area contributed by atoms with Gasteiger partial charge < -0.3 is 29.7 Å². The first-order chi connectivity index (χ1) is 25.4. The van der Waals surface area contributed by atoms with Crippen LogP contribution in [0.15, 0.2) is 41.9 Å². The lowest BCUT2D eigenvalue weighted by atomic mass is 9.80. The molecule has 0 unspecified atom stereocenters. The number of rotatable bonds is 22. The lowest BCUT2D eigenvalue weighted by Crippen LogP contribution is -2.56. The van der Waals surface area contributed by atoms with Crippen molar-refractivity contribution in [3.05, 3.63) is 52.5 Å². The minimum Gasteiger partial charge on any atom is -0.390 e. The summed E-state index contributed by atoms with van der Waals surface area (Å²) in [6.45, 7) is 13.1. The van der Waals surface area contributed by atoms with E-state index in [0.29, 0.717) is 32.2 Å². The molecule has 1 aromatic carbocycles. The van der Waals surface area contributed by atoms with Gasteiger partial charge in [0.15, 0.2) is 5.78 Å². The second-order valence-corrected chi connectivity index (χ2v) is 17.2. The van der Waals surface area contributed by atoms with Crippen LogP contribution in [0.4, 0.5) is 0 Å². The largest absolute Gasteiger partial charge is 0.390 e. The third-order valence-electron chi connectivity index (χ3n) is 11.8. The van der Waals surface area contributed by atoms with Crippen LogP contribution in [0.25, 0.3) is 0 Å². The number of aromatic nitrogens is 1. The molecule has 11 nitrogen and oxygen atoms in total. The van der Waals surface area contributed by atoms with Gasteiger partial charge in [0.2, 0.25) is 11.8 Å². The highest BCUT2D eigenvalue weighted by Crippen LogP contribution is 2.34. The lowest BCUT2D eigenvalue weighted by molar-refractivity contribution is -0.154. The highest BCUT2D eigenvalue weighted by Gasteiger charge is 2.45. The summed E-state index contributed by atoms with van der Waals surface area (Å²) in [6, 6.07) is 9.31. The minimum absolute atomic E-state index is 0.0144. The van der Waals surface area contributed by atoms with E-state index < -0.39 is 41.2 Å². The van der Waals surface area contributed by atoms with Crippen LogP contribution in [0.2, 0.25) is 0 Å². The average molecular weight is 771 g/mol. The predicted molar refractivity (Wildman–Crippen MR) is 213 cm³/mol. The number of nitrogens with zero attached hydrogens (tertiary/aromatic N) is 3. The van der Waals surface area contributed by atoms with E-state index in [2.05, 4.69) is 22.4 Å². The van der Waals surface area contributed by atoms with Gasteiger partial charge in [-0.05, 0) is 65.5 Å². The van der Waals surface area contributed by atoms with Gasteiger partial charge >= 0.3 is 0 Å². The van der Waals surface area contributed by atoms with Crippen molar-refractivity contribution in [2.24, 2.45) is 17.8 Å². The van der Waals surface area contributed by atoms with Crippen LogP contribution in [0, 0.1) is 17.8 Å². The molecule has 1 aromatic heterocycles. The molecule has 302 valence electrons. The Kier molecular flexibility index (Phi) is 17.0. The summed E-state index contributed by atoms with van der Waals surface area (Å²) in [4.78, 5) is 63.7. The fraction of sp³-hybridized carbons (Fsp3) is 0.690. The van der Waals surface area contributed by atoms with Gasteiger partial charge in [-0.25, -0.2) is 4.98 Å². The number of nitrogens with one attached hydrogen (secondary N) is 1. The molecule has 0 aliphatic carbocycles. The third-order valence-corrected chi connectivity index (χ3v) is 12.7. The molecule has 54 heavy (non-hydrogen) atoms. The Labute approximate surface area is 327 Å². The van der Waals surface area contributed by atoms with E-state index in [1.807, 2.05) is 49.3 Å². The van der Waals surface area contributed by atoms with Crippen molar-refractivity contribution < 1.29 is 33.8 Å². The monoisotopic (exact) mass is 770 g/mol. The lowest BCUT2D eigenvalue weighted by Gasteiger charge is -2.42. The summed E-state index contributed by atoms with van der Waals surface area (Å²) in [7, 11) is 6.52. The van der Waals surface area contributed by atoms with Crippen LogP contribution in [-0.4, -0.2) is 114 Å². The maximum absolute atomic E-state index is 14.3. The van der Waals surface area contributed by atoms with Crippen LogP contribution in [0.5, 0.6) is 0 Å². The predicted octanol–water partition coefficient (Wildman–Crippen LogP) is 5.69. The molecule has 0 saturated carbocycles. The number of hydrogen-bond donors (Lipinski definition) is 2. The van der Waals surface area contributed by atoms with Crippen LogP contribution >= 0.6 is 11.3 Å². The van der Waals surface area contributed by atoms with Crippen molar-refractivity contribution in [2.75, 3.05) is 34.9 Å². The number of hydrogen-bond acceptors (Lipinski definition) is 10.